The highest BCUT2D eigenvalue weighted by atomic mass is 35.5. The van der Waals surface area contributed by atoms with Crippen LogP contribution in [0.25, 0.3) is 0 Å². The number of halogens is 1. The number of hydrogen-bond acceptors (Lipinski definition) is 5. The summed E-state index contributed by atoms with van der Waals surface area (Å²) in [6, 6.07) is 13.8. The fourth-order valence-corrected chi connectivity index (χ4v) is 2.47. The van der Waals surface area contributed by atoms with Gasteiger partial charge in [-0.15, -0.1) is 0 Å². The molecule has 0 aliphatic rings. The van der Waals surface area contributed by atoms with Crippen molar-refractivity contribution in [1.82, 2.24) is 5.32 Å². The van der Waals surface area contributed by atoms with Crippen LogP contribution < -0.4 is 14.8 Å². The molecule has 0 aromatic heterocycles. The number of esters is 1. The maximum atomic E-state index is 11.9. The number of benzene rings is 2. The molecule has 1 atom stereocenters. The first kappa shape index (κ1) is 20.6. The maximum absolute atomic E-state index is 11.9. The molecular weight excluding hydrogens is 370 g/mol. The molecule has 0 aliphatic carbocycles. The molecular formula is C20H22ClNO5. The lowest BCUT2D eigenvalue weighted by atomic mass is 10.1. The van der Waals surface area contributed by atoms with Crippen LogP contribution in [0.5, 0.6) is 11.5 Å². The van der Waals surface area contributed by atoms with E-state index in [2.05, 4.69) is 5.32 Å². The predicted octanol–water partition coefficient (Wildman–Crippen LogP) is 3.54. The van der Waals surface area contributed by atoms with Gasteiger partial charge in [0.05, 0.1) is 12.6 Å². The van der Waals surface area contributed by atoms with Crippen LogP contribution in [-0.2, 0) is 14.3 Å². The van der Waals surface area contributed by atoms with E-state index < -0.39 is 11.9 Å². The number of carbonyl (C=O) groups excluding carboxylic acids is 2. The largest absolute Gasteiger partial charge is 0.494 e. The Hall–Kier alpha value is -2.73. The normalized spacial score (nSPS) is 11.4. The van der Waals surface area contributed by atoms with Gasteiger partial charge in [0.15, 0.2) is 13.2 Å². The van der Waals surface area contributed by atoms with Crippen molar-refractivity contribution >= 4 is 23.5 Å². The Bertz CT molecular complexity index is 763. The van der Waals surface area contributed by atoms with E-state index in [0.717, 1.165) is 11.3 Å². The van der Waals surface area contributed by atoms with Crippen molar-refractivity contribution in [3.05, 3.63) is 59.1 Å². The van der Waals surface area contributed by atoms with Crippen LogP contribution in [0.2, 0.25) is 5.02 Å². The van der Waals surface area contributed by atoms with Gasteiger partial charge in [0, 0.05) is 5.02 Å². The second-order valence-electron chi connectivity index (χ2n) is 5.70. The standard InChI is InChI=1S/C20H22ClNO5/c1-3-25-17-7-9-18(10-8-17)26-13-20(24)27-12-19(23)22-14(2)15-5-4-6-16(21)11-15/h4-11,14H,3,12-13H2,1-2H3,(H,22,23)/t14-/m1/s1. The monoisotopic (exact) mass is 391 g/mol. The molecule has 0 heterocycles. The van der Waals surface area contributed by atoms with Crippen LogP contribution in [0, 0.1) is 0 Å². The molecule has 0 saturated carbocycles. The number of amides is 1. The quantitative estimate of drug-likeness (QED) is 0.662. The summed E-state index contributed by atoms with van der Waals surface area (Å²) in [4.78, 5) is 23.6. The first-order valence-electron chi connectivity index (χ1n) is 8.54. The van der Waals surface area contributed by atoms with Crippen molar-refractivity contribution in [2.24, 2.45) is 0 Å². The number of hydrogen-bond donors (Lipinski definition) is 1. The predicted molar refractivity (Wildman–Crippen MR) is 102 cm³/mol. The molecule has 2 rings (SSSR count). The second-order valence-corrected chi connectivity index (χ2v) is 6.13. The van der Waals surface area contributed by atoms with Gasteiger partial charge in [0.25, 0.3) is 5.91 Å². The van der Waals surface area contributed by atoms with Crippen molar-refractivity contribution in [2.75, 3.05) is 19.8 Å². The van der Waals surface area contributed by atoms with Crippen LogP contribution in [0.3, 0.4) is 0 Å². The summed E-state index contributed by atoms with van der Waals surface area (Å²) in [5, 5.41) is 3.33. The van der Waals surface area contributed by atoms with E-state index in [1.54, 1.807) is 42.5 Å². The molecule has 0 spiro atoms. The average Bonchev–Trinajstić information content (AvgIpc) is 2.66. The minimum atomic E-state index is -0.630. The smallest absolute Gasteiger partial charge is 0.344 e. The van der Waals surface area contributed by atoms with E-state index in [0.29, 0.717) is 17.4 Å². The summed E-state index contributed by atoms with van der Waals surface area (Å²) in [5.74, 6) is 0.193. The lowest BCUT2D eigenvalue weighted by molar-refractivity contribution is -0.150. The van der Waals surface area contributed by atoms with Gasteiger partial charge in [-0.25, -0.2) is 4.79 Å². The fraction of sp³-hybridized carbons (Fsp3) is 0.300. The number of ether oxygens (including phenoxy) is 3. The first-order chi connectivity index (χ1) is 13.0. The third-order valence-electron chi connectivity index (χ3n) is 3.58. The van der Waals surface area contributed by atoms with Crippen molar-refractivity contribution < 1.29 is 23.8 Å². The highest BCUT2D eigenvalue weighted by Crippen LogP contribution is 2.18. The average molecular weight is 392 g/mol. The number of rotatable bonds is 9. The molecule has 1 N–H and O–H groups in total. The van der Waals surface area contributed by atoms with E-state index in [9.17, 15) is 9.59 Å². The molecule has 0 aliphatic heterocycles. The van der Waals surface area contributed by atoms with Crippen LogP contribution in [-0.4, -0.2) is 31.7 Å². The molecule has 0 saturated heterocycles. The van der Waals surface area contributed by atoms with E-state index in [1.807, 2.05) is 19.9 Å². The topological polar surface area (TPSA) is 73.9 Å². The summed E-state index contributed by atoms with van der Waals surface area (Å²) in [6.45, 7) is 3.62. The van der Waals surface area contributed by atoms with Gasteiger partial charge < -0.3 is 19.5 Å². The Morgan fingerprint density at radius 2 is 1.70 bits per heavy atom. The SMILES string of the molecule is CCOc1ccc(OCC(=O)OCC(=O)N[C@H](C)c2cccc(Cl)c2)cc1. The molecule has 144 valence electrons. The number of nitrogens with one attached hydrogen (secondary N) is 1. The highest BCUT2D eigenvalue weighted by Gasteiger charge is 2.12. The lowest BCUT2D eigenvalue weighted by Crippen LogP contribution is -2.31. The Morgan fingerprint density at radius 3 is 2.33 bits per heavy atom. The minimum absolute atomic E-state index is 0.255. The molecule has 0 radical (unpaired) electrons. The molecule has 27 heavy (non-hydrogen) atoms. The van der Waals surface area contributed by atoms with Crippen LogP contribution in [0.4, 0.5) is 0 Å². The Balaban J connectivity index is 1.70. The summed E-state index contributed by atoms with van der Waals surface area (Å²) >= 11 is 5.93. The summed E-state index contributed by atoms with van der Waals surface area (Å²) in [7, 11) is 0. The molecule has 0 bridgehead atoms. The molecule has 2 aromatic carbocycles. The highest BCUT2D eigenvalue weighted by molar-refractivity contribution is 6.30. The zero-order chi connectivity index (χ0) is 19.6. The van der Waals surface area contributed by atoms with Gasteiger partial charge in [-0.2, -0.15) is 0 Å². The minimum Gasteiger partial charge on any atom is -0.494 e. The summed E-state index contributed by atoms with van der Waals surface area (Å²) < 4.78 is 15.6. The summed E-state index contributed by atoms with van der Waals surface area (Å²) in [5.41, 5.74) is 0.862. The van der Waals surface area contributed by atoms with Crippen LogP contribution in [0.1, 0.15) is 25.5 Å². The second kappa shape index (κ2) is 10.4. The van der Waals surface area contributed by atoms with E-state index >= 15 is 0 Å². The van der Waals surface area contributed by atoms with E-state index in [1.165, 1.54) is 0 Å². The molecule has 7 heteroatoms. The molecule has 6 nitrogen and oxygen atoms in total. The fourth-order valence-electron chi connectivity index (χ4n) is 2.27. The van der Waals surface area contributed by atoms with Crippen molar-refractivity contribution in [1.29, 1.82) is 0 Å². The third-order valence-corrected chi connectivity index (χ3v) is 3.82. The third kappa shape index (κ3) is 7.19. The van der Waals surface area contributed by atoms with Crippen LogP contribution in [0.15, 0.2) is 48.5 Å². The van der Waals surface area contributed by atoms with Gasteiger partial charge in [0.1, 0.15) is 11.5 Å². The molecule has 1 amide bonds. The molecule has 0 fully saturated rings. The first-order valence-corrected chi connectivity index (χ1v) is 8.92. The van der Waals surface area contributed by atoms with Gasteiger partial charge in [-0.3, -0.25) is 4.79 Å². The van der Waals surface area contributed by atoms with Gasteiger partial charge in [0.2, 0.25) is 0 Å². The molecule has 0 unspecified atom stereocenters. The number of carbonyl (C=O) groups is 2. The summed E-state index contributed by atoms with van der Waals surface area (Å²) in [6.07, 6.45) is 0. The Labute approximate surface area is 163 Å². The Morgan fingerprint density at radius 1 is 1.04 bits per heavy atom. The van der Waals surface area contributed by atoms with Crippen molar-refractivity contribution in [3.63, 3.8) is 0 Å². The lowest BCUT2D eigenvalue weighted by Gasteiger charge is -2.14. The van der Waals surface area contributed by atoms with E-state index in [4.69, 9.17) is 25.8 Å². The zero-order valence-electron chi connectivity index (χ0n) is 15.2. The van der Waals surface area contributed by atoms with Crippen LogP contribution >= 0.6 is 11.6 Å². The Kier molecular flexibility index (Phi) is 7.95. The van der Waals surface area contributed by atoms with Gasteiger partial charge >= 0.3 is 5.97 Å². The van der Waals surface area contributed by atoms with Gasteiger partial charge in [-0.05, 0) is 55.8 Å². The van der Waals surface area contributed by atoms with E-state index in [-0.39, 0.29) is 19.3 Å². The molecule has 2 aromatic rings. The van der Waals surface area contributed by atoms with Gasteiger partial charge in [-0.1, -0.05) is 23.7 Å². The zero-order valence-corrected chi connectivity index (χ0v) is 16.0. The van der Waals surface area contributed by atoms with Crippen molar-refractivity contribution in [2.45, 2.75) is 19.9 Å². The maximum Gasteiger partial charge on any atom is 0.344 e. The van der Waals surface area contributed by atoms with Crippen molar-refractivity contribution in [3.8, 4) is 11.5 Å².